The van der Waals surface area contributed by atoms with Crippen LogP contribution in [-0.2, 0) is 9.47 Å². The van der Waals surface area contributed by atoms with Crippen molar-refractivity contribution in [3.8, 4) is 33.8 Å². The molecule has 0 amide bonds. The third kappa shape index (κ3) is 7.95. The van der Waals surface area contributed by atoms with Crippen molar-refractivity contribution >= 4 is 0 Å². The maximum Gasteiger partial charge on any atom is 0.115 e. The summed E-state index contributed by atoms with van der Waals surface area (Å²) in [6.07, 6.45) is 4.48. The van der Waals surface area contributed by atoms with Gasteiger partial charge in [-0.15, -0.1) is 0 Å². The molecule has 0 aromatic heterocycles. The van der Waals surface area contributed by atoms with Gasteiger partial charge in [-0.05, 0) is 84.3 Å². The topological polar surface area (TPSA) is 58.9 Å². The van der Waals surface area contributed by atoms with Crippen LogP contribution in [0.15, 0.2) is 97.1 Å². The lowest BCUT2D eigenvalue weighted by molar-refractivity contribution is 0.0562. The molecule has 2 unspecified atom stereocenters. The highest BCUT2D eigenvalue weighted by Crippen LogP contribution is 2.26. The first-order chi connectivity index (χ1) is 18.5. The summed E-state index contributed by atoms with van der Waals surface area (Å²) < 4.78 is 12.1. The van der Waals surface area contributed by atoms with Gasteiger partial charge in [0.2, 0.25) is 0 Å². The van der Waals surface area contributed by atoms with Crippen LogP contribution in [0.2, 0.25) is 0 Å². The molecule has 0 saturated carbocycles. The van der Waals surface area contributed by atoms with Crippen molar-refractivity contribution in [2.75, 3.05) is 13.2 Å². The third-order valence-corrected chi connectivity index (χ3v) is 6.94. The molecule has 0 fully saturated rings. The Labute approximate surface area is 226 Å². The lowest BCUT2D eigenvalue weighted by Crippen LogP contribution is -2.03. The number of ether oxygens (including phenoxy) is 2. The summed E-state index contributed by atoms with van der Waals surface area (Å²) in [5.74, 6) is 0.562. The summed E-state index contributed by atoms with van der Waals surface area (Å²) in [7, 11) is 0. The minimum atomic E-state index is 0.0634. The number of rotatable bonds is 13. The zero-order chi connectivity index (χ0) is 26.7. The van der Waals surface area contributed by atoms with E-state index in [1.54, 1.807) is 24.3 Å². The number of phenolic OH excluding ortho intramolecular Hbond substituents is 2. The minimum absolute atomic E-state index is 0.0634. The van der Waals surface area contributed by atoms with E-state index < -0.39 is 0 Å². The van der Waals surface area contributed by atoms with Gasteiger partial charge in [-0.2, -0.15) is 0 Å². The molecule has 2 N–H and O–H groups in total. The first-order valence-electron chi connectivity index (χ1n) is 13.5. The molecule has 4 aromatic carbocycles. The molecular weight excluding hydrogens is 472 g/mol. The molecule has 198 valence electrons. The van der Waals surface area contributed by atoms with Crippen LogP contribution < -0.4 is 0 Å². The molecule has 2 atom stereocenters. The number of benzene rings is 4. The molecule has 38 heavy (non-hydrogen) atoms. The number of aromatic hydroxyl groups is 2. The Morgan fingerprint density at radius 1 is 0.447 bits per heavy atom. The van der Waals surface area contributed by atoms with Crippen molar-refractivity contribution in [2.24, 2.45) is 0 Å². The summed E-state index contributed by atoms with van der Waals surface area (Å²) in [5.41, 5.74) is 6.78. The monoisotopic (exact) mass is 510 g/mol. The Hall–Kier alpha value is -3.60. The summed E-state index contributed by atoms with van der Waals surface area (Å²) in [6.45, 7) is 5.71. The van der Waals surface area contributed by atoms with Crippen LogP contribution in [0.25, 0.3) is 22.3 Å². The summed E-state index contributed by atoms with van der Waals surface area (Å²) in [6, 6.07) is 31.4. The highest BCUT2D eigenvalue weighted by atomic mass is 16.5. The van der Waals surface area contributed by atoms with E-state index in [4.69, 9.17) is 9.47 Å². The fourth-order valence-electron chi connectivity index (χ4n) is 4.47. The van der Waals surface area contributed by atoms with E-state index in [0.29, 0.717) is 0 Å². The van der Waals surface area contributed by atoms with Gasteiger partial charge in [-0.25, -0.2) is 0 Å². The van der Waals surface area contributed by atoms with E-state index >= 15 is 0 Å². The minimum Gasteiger partial charge on any atom is -0.508 e. The average Bonchev–Trinajstić information content (AvgIpc) is 2.95. The van der Waals surface area contributed by atoms with Crippen LogP contribution >= 0.6 is 0 Å². The van der Waals surface area contributed by atoms with Gasteiger partial charge >= 0.3 is 0 Å². The van der Waals surface area contributed by atoms with Gasteiger partial charge in [0, 0.05) is 13.2 Å². The largest absolute Gasteiger partial charge is 0.508 e. The highest BCUT2D eigenvalue weighted by Gasteiger charge is 2.08. The number of hydrogen-bond acceptors (Lipinski definition) is 4. The molecule has 4 nitrogen and oxygen atoms in total. The molecule has 0 aliphatic rings. The van der Waals surface area contributed by atoms with E-state index in [2.05, 4.69) is 62.4 Å². The van der Waals surface area contributed by atoms with E-state index in [-0.39, 0.29) is 23.7 Å². The fraction of sp³-hybridized carbons (Fsp3) is 0.294. The van der Waals surface area contributed by atoms with E-state index in [9.17, 15) is 10.2 Å². The lowest BCUT2D eigenvalue weighted by atomic mass is 10.0. The standard InChI is InChI=1S/C34H38O4/c1-25(27-7-11-29(12-8-27)31-15-19-33(35)20-16-31)37-23-5-3-4-6-24-38-26(2)28-9-13-30(14-10-28)32-17-21-34(36)22-18-32/h7-22,25-26,35-36H,3-6,23-24H2,1-2H3. The van der Waals surface area contributed by atoms with Gasteiger partial charge in [-0.3, -0.25) is 0 Å². The number of phenols is 2. The van der Waals surface area contributed by atoms with E-state index in [1.807, 2.05) is 24.3 Å². The third-order valence-electron chi connectivity index (χ3n) is 6.94. The SMILES string of the molecule is CC(OCCCCCCOC(C)c1ccc(-c2ccc(O)cc2)cc1)c1ccc(-c2ccc(O)cc2)cc1. The Balaban J connectivity index is 1.08. The molecule has 4 heteroatoms. The van der Waals surface area contributed by atoms with E-state index in [0.717, 1.165) is 61.2 Å². The quantitative estimate of drug-likeness (QED) is 0.176. The van der Waals surface area contributed by atoms with Crippen molar-refractivity contribution in [3.05, 3.63) is 108 Å². The Kier molecular flexibility index (Phi) is 9.97. The molecule has 0 aliphatic carbocycles. The fourth-order valence-corrected chi connectivity index (χ4v) is 4.47. The predicted molar refractivity (Wildman–Crippen MR) is 154 cm³/mol. The van der Waals surface area contributed by atoms with Crippen LogP contribution in [0.3, 0.4) is 0 Å². The zero-order valence-electron chi connectivity index (χ0n) is 22.3. The summed E-state index contributed by atoms with van der Waals surface area (Å²) >= 11 is 0. The molecule has 0 heterocycles. The first-order valence-corrected chi connectivity index (χ1v) is 13.5. The van der Waals surface area contributed by atoms with Crippen LogP contribution in [-0.4, -0.2) is 23.4 Å². The van der Waals surface area contributed by atoms with Crippen LogP contribution in [0, 0.1) is 0 Å². The van der Waals surface area contributed by atoms with Crippen molar-refractivity contribution in [1.82, 2.24) is 0 Å². The molecule has 0 bridgehead atoms. The van der Waals surface area contributed by atoms with Crippen LogP contribution in [0.5, 0.6) is 11.5 Å². The van der Waals surface area contributed by atoms with Crippen molar-refractivity contribution in [3.63, 3.8) is 0 Å². The van der Waals surface area contributed by atoms with Gasteiger partial charge in [0.1, 0.15) is 11.5 Å². The summed E-state index contributed by atoms with van der Waals surface area (Å²) in [4.78, 5) is 0. The van der Waals surface area contributed by atoms with Gasteiger partial charge in [0.15, 0.2) is 0 Å². The van der Waals surface area contributed by atoms with Crippen LogP contribution in [0.4, 0.5) is 0 Å². The predicted octanol–water partition coefficient (Wildman–Crippen LogP) is 8.85. The normalized spacial score (nSPS) is 12.8. The zero-order valence-corrected chi connectivity index (χ0v) is 22.3. The highest BCUT2D eigenvalue weighted by molar-refractivity contribution is 5.65. The Morgan fingerprint density at radius 3 is 1.05 bits per heavy atom. The maximum atomic E-state index is 9.46. The molecule has 0 spiro atoms. The molecule has 4 rings (SSSR count). The molecule has 0 aliphatic heterocycles. The lowest BCUT2D eigenvalue weighted by Gasteiger charge is -2.15. The van der Waals surface area contributed by atoms with E-state index in [1.165, 1.54) is 11.1 Å². The smallest absolute Gasteiger partial charge is 0.115 e. The van der Waals surface area contributed by atoms with Gasteiger partial charge < -0.3 is 19.7 Å². The van der Waals surface area contributed by atoms with Crippen molar-refractivity contribution in [1.29, 1.82) is 0 Å². The van der Waals surface area contributed by atoms with Gasteiger partial charge in [0.05, 0.1) is 12.2 Å². The first kappa shape index (κ1) is 27.4. The molecule has 4 aromatic rings. The van der Waals surface area contributed by atoms with Gasteiger partial charge in [0.25, 0.3) is 0 Å². The Morgan fingerprint density at radius 2 is 0.737 bits per heavy atom. The van der Waals surface area contributed by atoms with Crippen molar-refractivity contribution < 1.29 is 19.7 Å². The summed E-state index contributed by atoms with van der Waals surface area (Å²) in [5, 5.41) is 18.9. The molecule has 0 radical (unpaired) electrons. The van der Waals surface area contributed by atoms with Crippen molar-refractivity contribution in [2.45, 2.75) is 51.7 Å². The molecule has 0 saturated heterocycles. The number of unbranched alkanes of at least 4 members (excludes halogenated alkanes) is 3. The van der Waals surface area contributed by atoms with Crippen LogP contribution in [0.1, 0.15) is 62.9 Å². The Bertz CT molecular complexity index is 1130. The number of hydrogen-bond donors (Lipinski definition) is 2. The average molecular weight is 511 g/mol. The maximum absolute atomic E-state index is 9.46. The second kappa shape index (κ2) is 13.8. The second-order valence-electron chi connectivity index (χ2n) is 9.78. The second-order valence-corrected chi connectivity index (χ2v) is 9.78. The molecular formula is C34H38O4. The van der Waals surface area contributed by atoms with Gasteiger partial charge in [-0.1, -0.05) is 85.6 Å².